The van der Waals surface area contributed by atoms with Crippen molar-refractivity contribution in [2.24, 2.45) is 12.0 Å². The number of aromatic nitrogens is 3. The van der Waals surface area contributed by atoms with Crippen LogP contribution in [0.15, 0.2) is 23.2 Å². The van der Waals surface area contributed by atoms with E-state index in [1.54, 1.807) is 14.2 Å². The van der Waals surface area contributed by atoms with Gasteiger partial charge in [0.25, 0.3) is 0 Å². The minimum absolute atomic E-state index is 0. The molecule has 9 heteroatoms. The fraction of sp³-hybridized carbons (Fsp3) is 0.571. The lowest BCUT2D eigenvalue weighted by Crippen LogP contribution is -2.43. The maximum atomic E-state index is 5.40. The Labute approximate surface area is 195 Å². The highest BCUT2D eigenvalue weighted by Gasteiger charge is 2.16. The van der Waals surface area contributed by atoms with E-state index in [1.165, 1.54) is 31.2 Å². The zero-order chi connectivity index (χ0) is 20.6. The molecule has 1 aliphatic rings. The Balaban J connectivity index is 0.00000320. The minimum Gasteiger partial charge on any atom is -0.493 e. The number of halogens is 1. The highest BCUT2D eigenvalue weighted by Crippen LogP contribution is 2.27. The third-order valence-corrected chi connectivity index (χ3v) is 5.41. The first-order chi connectivity index (χ1) is 14.1. The lowest BCUT2D eigenvalue weighted by atomic mass is 10.1. The SMILES string of the molecule is COc1ccc(CCNC(=NCc2nnc(C)n2C)NC2CCCC2)cc1OC.I. The summed E-state index contributed by atoms with van der Waals surface area (Å²) in [4.78, 5) is 4.75. The number of aryl methyl sites for hydroxylation is 1. The van der Waals surface area contributed by atoms with Crippen LogP contribution in [0.4, 0.5) is 0 Å². The van der Waals surface area contributed by atoms with E-state index in [4.69, 9.17) is 14.5 Å². The molecule has 30 heavy (non-hydrogen) atoms. The van der Waals surface area contributed by atoms with Gasteiger partial charge in [-0.05, 0) is 43.9 Å². The third-order valence-electron chi connectivity index (χ3n) is 5.41. The molecule has 1 saturated carbocycles. The summed E-state index contributed by atoms with van der Waals surface area (Å²) in [6.07, 6.45) is 5.80. The number of aliphatic imine (C=N–C) groups is 1. The van der Waals surface area contributed by atoms with E-state index < -0.39 is 0 Å². The molecule has 8 nitrogen and oxygen atoms in total. The van der Waals surface area contributed by atoms with Crippen LogP contribution in [0, 0.1) is 6.92 Å². The zero-order valence-electron chi connectivity index (χ0n) is 18.3. The minimum atomic E-state index is 0. The van der Waals surface area contributed by atoms with E-state index in [0.717, 1.165) is 42.1 Å². The summed E-state index contributed by atoms with van der Waals surface area (Å²) in [5.74, 6) is 4.07. The molecule has 2 aromatic rings. The second-order valence-electron chi connectivity index (χ2n) is 7.38. The summed E-state index contributed by atoms with van der Waals surface area (Å²) >= 11 is 0. The Morgan fingerprint density at radius 2 is 1.90 bits per heavy atom. The molecule has 166 valence electrons. The molecule has 0 aliphatic heterocycles. The quantitative estimate of drug-likeness (QED) is 0.312. The lowest BCUT2D eigenvalue weighted by molar-refractivity contribution is 0.354. The molecule has 1 heterocycles. The number of benzene rings is 1. The fourth-order valence-corrected chi connectivity index (χ4v) is 3.52. The maximum Gasteiger partial charge on any atom is 0.191 e. The number of nitrogens with one attached hydrogen (secondary N) is 2. The molecule has 0 radical (unpaired) electrons. The van der Waals surface area contributed by atoms with Crippen molar-refractivity contribution in [1.82, 2.24) is 25.4 Å². The predicted octanol–water partition coefficient (Wildman–Crippen LogP) is 2.98. The highest BCUT2D eigenvalue weighted by atomic mass is 127. The number of rotatable bonds is 8. The monoisotopic (exact) mass is 528 g/mol. The number of guanidine groups is 1. The second kappa shape index (κ2) is 12.0. The van der Waals surface area contributed by atoms with E-state index >= 15 is 0 Å². The number of hydrogen-bond donors (Lipinski definition) is 2. The van der Waals surface area contributed by atoms with Gasteiger partial charge in [0, 0.05) is 19.6 Å². The number of hydrogen-bond acceptors (Lipinski definition) is 5. The molecule has 0 amide bonds. The number of ether oxygens (including phenoxy) is 2. The molecule has 0 unspecified atom stereocenters. The van der Waals surface area contributed by atoms with Gasteiger partial charge in [-0.2, -0.15) is 0 Å². The van der Waals surface area contributed by atoms with Gasteiger partial charge in [0.05, 0.1) is 14.2 Å². The van der Waals surface area contributed by atoms with Crippen molar-refractivity contribution in [3.05, 3.63) is 35.4 Å². The van der Waals surface area contributed by atoms with Crippen LogP contribution in [0.25, 0.3) is 0 Å². The van der Waals surface area contributed by atoms with Gasteiger partial charge >= 0.3 is 0 Å². The summed E-state index contributed by atoms with van der Waals surface area (Å²) < 4.78 is 12.7. The standard InChI is InChI=1S/C21H32N6O2.HI/c1-15-25-26-20(27(15)2)14-23-21(24-17-7-5-6-8-17)22-12-11-16-9-10-18(28-3)19(13-16)29-4;/h9-10,13,17H,5-8,11-12,14H2,1-4H3,(H2,22,23,24);1H. The van der Waals surface area contributed by atoms with Gasteiger partial charge in [-0.25, -0.2) is 4.99 Å². The van der Waals surface area contributed by atoms with Gasteiger partial charge in [0.2, 0.25) is 0 Å². The van der Waals surface area contributed by atoms with Crippen molar-refractivity contribution in [2.75, 3.05) is 20.8 Å². The van der Waals surface area contributed by atoms with Gasteiger partial charge in [0.15, 0.2) is 23.3 Å². The Bertz CT molecular complexity index is 833. The molecule has 0 spiro atoms. The van der Waals surface area contributed by atoms with E-state index in [2.05, 4.69) is 26.9 Å². The van der Waals surface area contributed by atoms with Crippen molar-refractivity contribution in [3.8, 4) is 11.5 Å². The predicted molar refractivity (Wildman–Crippen MR) is 129 cm³/mol. The molecule has 0 saturated heterocycles. The van der Waals surface area contributed by atoms with Gasteiger partial charge in [-0.1, -0.05) is 18.9 Å². The van der Waals surface area contributed by atoms with Crippen molar-refractivity contribution >= 4 is 29.9 Å². The fourth-order valence-electron chi connectivity index (χ4n) is 3.52. The van der Waals surface area contributed by atoms with E-state index in [9.17, 15) is 0 Å². The third kappa shape index (κ3) is 6.48. The van der Waals surface area contributed by atoms with Crippen LogP contribution in [-0.4, -0.2) is 47.5 Å². The molecular weight excluding hydrogens is 495 g/mol. The van der Waals surface area contributed by atoms with Crippen LogP contribution in [0.2, 0.25) is 0 Å². The molecular formula is C21H33IN6O2. The van der Waals surface area contributed by atoms with Crippen LogP contribution in [0.1, 0.15) is 42.9 Å². The summed E-state index contributed by atoms with van der Waals surface area (Å²) in [6, 6.07) is 6.51. The van der Waals surface area contributed by atoms with E-state index in [0.29, 0.717) is 12.6 Å². The average Bonchev–Trinajstić information content (AvgIpc) is 3.36. The lowest BCUT2D eigenvalue weighted by Gasteiger charge is -2.17. The second-order valence-corrected chi connectivity index (χ2v) is 7.38. The average molecular weight is 528 g/mol. The van der Waals surface area contributed by atoms with Crippen LogP contribution in [0.3, 0.4) is 0 Å². The summed E-state index contributed by atoms with van der Waals surface area (Å²) in [5.41, 5.74) is 1.18. The largest absolute Gasteiger partial charge is 0.493 e. The van der Waals surface area contributed by atoms with Crippen molar-refractivity contribution in [3.63, 3.8) is 0 Å². The zero-order valence-corrected chi connectivity index (χ0v) is 20.6. The smallest absolute Gasteiger partial charge is 0.191 e. The molecule has 1 aromatic heterocycles. The first kappa shape index (κ1) is 24.2. The van der Waals surface area contributed by atoms with Crippen molar-refractivity contribution in [2.45, 2.75) is 51.6 Å². The molecule has 1 fully saturated rings. The van der Waals surface area contributed by atoms with Gasteiger partial charge in [-0.15, -0.1) is 34.2 Å². The number of nitrogens with zero attached hydrogens (tertiary/aromatic N) is 4. The normalized spacial score (nSPS) is 14.3. The molecule has 0 atom stereocenters. The van der Waals surface area contributed by atoms with Crippen LogP contribution in [0.5, 0.6) is 11.5 Å². The Morgan fingerprint density at radius 3 is 2.53 bits per heavy atom. The molecule has 2 N–H and O–H groups in total. The van der Waals surface area contributed by atoms with Crippen molar-refractivity contribution < 1.29 is 9.47 Å². The van der Waals surface area contributed by atoms with Gasteiger partial charge < -0.3 is 24.7 Å². The number of methoxy groups -OCH3 is 2. The van der Waals surface area contributed by atoms with Crippen molar-refractivity contribution in [1.29, 1.82) is 0 Å². The first-order valence-electron chi connectivity index (χ1n) is 10.2. The summed E-state index contributed by atoms with van der Waals surface area (Å²) in [5, 5.41) is 15.4. The van der Waals surface area contributed by atoms with E-state index in [-0.39, 0.29) is 24.0 Å². The van der Waals surface area contributed by atoms with Crippen LogP contribution < -0.4 is 20.1 Å². The van der Waals surface area contributed by atoms with E-state index in [1.807, 2.05) is 30.7 Å². The first-order valence-corrected chi connectivity index (χ1v) is 10.2. The summed E-state index contributed by atoms with van der Waals surface area (Å²) in [7, 11) is 5.27. The molecule has 3 rings (SSSR count). The van der Waals surface area contributed by atoms with Gasteiger partial charge in [-0.3, -0.25) is 0 Å². The molecule has 1 aliphatic carbocycles. The van der Waals surface area contributed by atoms with Crippen LogP contribution >= 0.6 is 24.0 Å². The highest BCUT2D eigenvalue weighted by molar-refractivity contribution is 14.0. The summed E-state index contributed by atoms with van der Waals surface area (Å²) in [6.45, 7) is 3.21. The molecule has 1 aromatic carbocycles. The maximum absolute atomic E-state index is 5.40. The molecule has 0 bridgehead atoms. The Kier molecular flexibility index (Phi) is 9.67. The van der Waals surface area contributed by atoms with Crippen LogP contribution in [-0.2, 0) is 20.0 Å². The Hall–Kier alpha value is -2.04. The van der Waals surface area contributed by atoms with Gasteiger partial charge in [0.1, 0.15) is 12.4 Å². The topological polar surface area (TPSA) is 85.6 Å². The Morgan fingerprint density at radius 1 is 1.17 bits per heavy atom.